The summed E-state index contributed by atoms with van der Waals surface area (Å²) in [5.41, 5.74) is 1.49. The molecule has 0 atom stereocenters. The maximum absolute atomic E-state index is 10.9. The predicted octanol–water partition coefficient (Wildman–Crippen LogP) is 3.22. The Hall–Kier alpha value is -1.80. The zero-order chi connectivity index (χ0) is 13.8. The van der Waals surface area contributed by atoms with Crippen LogP contribution in [-0.2, 0) is 5.88 Å². The minimum Gasteiger partial charge on any atom is -0.367 e. The van der Waals surface area contributed by atoms with E-state index < -0.39 is 4.92 Å². The van der Waals surface area contributed by atoms with E-state index in [0.29, 0.717) is 24.6 Å². The average Bonchev–Trinajstić information content (AvgIpc) is 3.23. The molecule has 0 saturated heterocycles. The van der Waals surface area contributed by atoms with E-state index in [0.717, 1.165) is 18.5 Å². The zero-order valence-corrected chi connectivity index (χ0v) is 11.1. The Morgan fingerprint density at radius 1 is 1.53 bits per heavy atom. The molecule has 1 saturated carbocycles. The van der Waals surface area contributed by atoms with Gasteiger partial charge in [-0.3, -0.25) is 10.1 Å². The van der Waals surface area contributed by atoms with Crippen molar-refractivity contribution in [3.63, 3.8) is 0 Å². The first-order valence-electron chi connectivity index (χ1n) is 6.14. The molecule has 19 heavy (non-hydrogen) atoms. The van der Waals surface area contributed by atoms with Gasteiger partial charge in [-0.25, -0.2) is 0 Å². The summed E-state index contributed by atoms with van der Waals surface area (Å²) in [6.07, 6.45) is 2.67. The second-order valence-corrected chi connectivity index (χ2v) is 4.80. The first-order chi connectivity index (χ1) is 9.17. The van der Waals surface area contributed by atoms with Gasteiger partial charge in [-0.2, -0.15) is 5.26 Å². The van der Waals surface area contributed by atoms with E-state index in [-0.39, 0.29) is 11.6 Å². The molecule has 0 radical (unpaired) electrons. The Balaban J connectivity index is 2.27. The van der Waals surface area contributed by atoms with Crippen LogP contribution in [0.3, 0.4) is 0 Å². The van der Waals surface area contributed by atoms with Gasteiger partial charge in [0.15, 0.2) is 0 Å². The van der Waals surface area contributed by atoms with Crippen LogP contribution >= 0.6 is 11.6 Å². The van der Waals surface area contributed by atoms with Crippen LogP contribution < -0.4 is 4.90 Å². The van der Waals surface area contributed by atoms with Crippen LogP contribution in [0.4, 0.5) is 11.4 Å². The van der Waals surface area contributed by atoms with Crippen LogP contribution in [0.2, 0.25) is 0 Å². The van der Waals surface area contributed by atoms with E-state index >= 15 is 0 Å². The van der Waals surface area contributed by atoms with Crippen molar-refractivity contribution in [3.05, 3.63) is 33.9 Å². The second kappa shape index (κ2) is 5.89. The third-order valence-corrected chi connectivity index (χ3v) is 3.48. The lowest BCUT2D eigenvalue weighted by Crippen LogP contribution is -2.26. The second-order valence-electron chi connectivity index (χ2n) is 4.54. The molecular formula is C13H14ClN3O2. The first-order valence-corrected chi connectivity index (χ1v) is 6.67. The van der Waals surface area contributed by atoms with Gasteiger partial charge in [0.1, 0.15) is 0 Å². The SMILES string of the molecule is N#CCCN(c1ccc([N+](=O)[O-])c(CCl)c1)C1CC1. The molecular weight excluding hydrogens is 266 g/mol. The van der Waals surface area contributed by atoms with Crippen LogP contribution in [-0.4, -0.2) is 17.5 Å². The lowest BCUT2D eigenvalue weighted by Gasteiger charge is -2.24. The maximum Gasteiger partial charge on any atom is 0.273 e. The number of hydrogen-bond donors (Lipinski definition) is 0. The molecule has 1 aliphatic carbocycles. The van der Waals surface area contributed by atoms with Gasteiger partial charge in [0.05, 0.1) is 23.3 Å². The lowest BCUT2D eigenvalue weighted by atomic mass is 10.1. The Morgan fingerprint density at radius 2 is 2.26 bits per heavy atom. The van der Waals surface area contributed by atoms with E-state index in [4.69, 9.17) is 16.9 Å². The standard InChI is InChI=1S/C13H14ClN3O2/c14-9-10-8-12(4-5-13(10)17(18)19)16(7-1-6-15)11-2-3-11/h4-5,8,11H,1-3,7,9H2. The highest BCUT2D eigenvalue weighted by molar-refractivity contribution is 6.17. The Bertz CT molecular complexity index is 523. The molecule has 5 nitrogen and oxygen atoms in total. The molecule has 0 unspecified atom stereocenters. The smallest absolute Gasteiger partial charge is 0.273 e. The number of hydrogen-bond acceptors (Lipinski definition) is 4. The molecule has 100 valence electrons. The molecule has 1 fully saturated rings. The highest BCUT2D eigenvalue weighted by atomic mass is 35.5. The molecule has 0 spiro atoms. The normalized spacial score (nSPS) is 13.9. The summed E-state index contributed by atoms with van der Waals surface area (Å²) in [6.45, 7) is 0.653. The fourth-order valence-corrected chi connectivity index (χ4v) is 2.33. The van der Waals surface area contributed by atoms with Crippen molar-refractivity contribution in [2.45, 2.75) is 31.2 Å². The summed E-state index contributed by atoms with van der Waals surface area (Å²) in [5.74, 6) is 0.112. The summed E-state index contributed by atoms with van der Waals surface area (Å²) in [4.78, 5) is 12.6. The Morgan fingerprint density at radius 3 is 2.79 bits per heavy atom. The van der Waals surface area contributed by atoms with Gasteiger partial charge in [0, 0.05) is 29.9 Å². The minimum atomic E-state index is -0.418. The molecule has 0 N–H and O–H groups in total. The number of nitriles is 1. The fourth-order valence-electron chi connectivity index (χ4n) is 2.11. The molecule has 0 aliphatic heterocycles. The molecule has 0 aromatic heterocycles. The van der Waals surface area contributed by atoms with Crippen molar-refractivity contribution < 1.29 is 4.92 Å². The summed E-state index contributed by atoms with van der Waals surface area (Å²) >= 11 is 5.78. The number of rotatable bonds is 6. The van der Waals surface area contributed by atoms with E-state index in [2.05, 4.69) is 11.0 Å². The first kappa shape index (κ1) is 13.6. The van der Waals surface area contributed by atoms with Crippen molar-refractivity contribution in [3.8, 4) is 6.07 Å². The molecule has 0 heterocycles. The quantitative estimate of drug-likeness (QED) is 0.455. The lowest BCUT2D eigenvalue weighted by molar-refractivity contribution is -0.385. The van der Waals surface area contributed by atoms with Crippen LogP contribution in [0.1, 0.15) is 24.8 Å². The van der Waals surface area contributed by atoms with Crippen LogP contribution in [0.5, 0.6) is 0 Å². The van der Waals surface area contributed by atoms with E-state index in [1.165, 1.54) is 6.07 Å². The number of anilines is 1. The van der Waals surface area contributed by atoms with E-state index in [1.807, 2.05) is 0 Å². The van der Waals surface area contributed by atoms with Crippen molar-refractivity contribution in [1.29, 1.82) is 5.26 Å². The number of nitro benzene ring substituents is 1. The van der Waals surface area contributed by atoms with E-state index in [1.54, 1.807) is 12.1 Å². The summed E-state index contributed by atoms with van der Waals surface area (Å²) in [6, 6.07) is 7.59. The molecule has 0 bridgehead atoms. The zero-order valence-electron chi connectivity index (χ0n) is 10.4. The van der Waals surface area contributed by atoms with Gasteiger partial charge in [-0.1, -0.05) is 0 Å². The largest absolute Gasteiger partial charge is 0.367 e. The summed E-state index contributed by atoms with van der Waals surface area (Å²) in [7, 11) is 0. The molecule has 0 amide bonds. The fraction of sp³-hybridized carbons (Fsp3) is 0.462. The van der Waals surface area contributed by atoms with E-state index in [9.17, 15) is 10.1 Å². The Labute approximate surface area is 116 Å². The van der Waals surface area contributed by atoms with Crippen molar-refractivity contribution in [1.82, 2.24) is 0 Å². The minimum absolute atomic E-state index is 0.0507. The summed E-state index contributed by atoms with van der Waals surface area (Å²) in [5, 5.41) is 19.6. The number of benzene rings is 1. The predicted molar refractivity (Wildman–Crippen MR) is 73.3 cm³/mol. The van der Waals surface area contributed by atoms with Crippen molar-refractivity contribution in [2.24, 2.45) is 0 Å². The molecule has 1 aromatic rings. The number of nitrogens with zero attached hydrogens (tertiary/aromatic N) is 3. The molecule has 2 rings (SSSR count). The van der Waals surface area contributed by atoms with Gasteiger partial charge in [-0.05, 0) is 25.0 Å². The van der Waals surface area contributed by atoms with Crippen LogP contribution in [0, 0.1) is 21.4 Å². The van der Waals surface area contributed by atoms with Gasteiger partial charge >= 0.3 is 0 Å². The van der Waals surface area contributed by atoms with Crippen LogP contribution in [0.15, 0.2) is 18.2 Å². The van der Waals surface area contributed by atoms with Gasteiger partial charge in [0.25, 0.3) is 5.69 Å². The number of halogens is 1. The van der Waals surface area contributed by atoms with Gasteiger partial charge < -0.3 is 4.90 Å². The van der Waals surface area contributed by atoms with Crippen molar-refractivity contribution in [2.75, 3.05) is 11.4 Å². The van der Waals surface area contributed by atoms with Gasteiger partial charge in [-0.15, -0.1) is 11.6 Å². The third kappa shape index (κ3) is 3.15. The van der Waals surface area contributed by atoms with Crippen LogP contribution in [0.25, 0.3) is 0 Å². The maximum atomic E-state index is 10.9. The Kier molecular flexibility index (Phi) is 4.23. The van der Waals surface area contributed by atoms with Gasteiger partial charge in [0.2, 0.25) is 0 Å². The molecule has 1 aliphatic rings. The number of nitro groups is 1. The highest BCUT2D eigenvalue weighted by Crippen LogP contribution is 2.34. The third-order valence-electron chi connectivity index (χ3n) is 3.19. The molecule has 6 heteroatoms. The number of alkyl halides is 1. The van der Waals surface area contributed by atoms with Crippen molar-refractivity contribution >= 4 is 23.0 Å². The topological polar surface area (TPSA) is 70.2 Å². The summed E-state index contributed by atoms with van der Waals surface area (Å²) < 4.78 is 0. The highest BCUT2D eigenvalue weighted by Gasteiger charge is 2.29. The average molecular weight is 280 g/mol. The molecule has 1 aromatic carbocycles. The monoisotopic (exact) mass is 279 g/mol.